The Balaban J connectivity index is 1.18. The third-order valence-corrected chi connectivity index (χ3v) is 8.25. The van der Waals surface area contributed by atoms with Crippen LogP contribution >= 0.6 is 11.3 Å². The predicted octanol–water partition coefficient (Wildman–Crippen LogP) is 5.16. The fourth-order valence-electron chi connectivity index (χ4n) is 5.03. The number of fused-ring (bicyclic) bond motifs is 1. The zero-order chi connectivity index (χ0) is 22.8. The van der Waals surface area contributed by atoms with Crippen molar-refractivity contribution < 1.29 is 9.53 Å². The molecule has 3 heterocycles. The molecule has 1 amide bonds. The lowest BCUT2D eigenvalue weighted by atomic mass is 9.95. The molecular formula is C26H32N4O2S. The van der Waals surface area contributed by atoms with Crippen LogP contribution in [0.5, 0.6) is 5.75 Å². The van der Waals surface area contributed by atoms with Crippen molar-refractivity contribution in [1.29, 1.82) is 0 Å². The number of anilines is 1. The van der Waals surface area contributed by atoms with Crippen LogP contribution < -0.4 is 15.0 Å². The number of thiophene rings is 1. The highest BCUT2D eigenvalue weighted by atomic mass is 32.1. The maximum absolute atomic E-state index is 12.9. The maximum atomic E-state index is 12.9. The van der Waals surface area contributed by atoms with Gasteiger partial charge in [0.1, 0.15) is 22.7 Å². The Morgan fingerprint density at radius 3 is 2.67 bits per heavy atom. The number of amides is 1. The second-order valence-corrected chi connectivity index (χ2v) is 10.5. The number of nitrogens with zero attached hydrogens (tertiary/aromatic N) is 3. The number of aryl methyl sites for hydroxylation is 2. The molecule has 6 nitrogen and oxygen atoms in total. The van der Waals surface area contributed by atoms with E-state index in [2.05, 4.69) is 40.1 Å². The number of rotatable bonds is 6. The largest absolute Gasteiger partial charge is 0.490 e. The summed E-state index contributed by atoms with van der Waals surface area (Å²) in [6, 6.07) is 8.10. The molecule has 5 rings (SSSR count). The highest BCUT2D eigenvalue weighted by Gasteiger charge is 2.27. The van der Waals surface area contributed by atoms with Crippen LogP contribution in [0, 0.1) is 19.8 Å². The number of nitrogens with one attached hydrogen (secondary N) is 1. The van der Waals surface area contributed by atoms with Crippen LogP contribution in [0.15, 0.2) is 30.6 Å². The third-order valence-electron chi connectivity index (χ3n) is 7.13. The molecule has 0 bridgehead atoms. The van der Waals surface area contributed by atoms with Gasteiger partial charge in [-0.1, -0.05) is 18.2 Å². The molecule has 1 saturated carbocycles. The van der Waals surface area contributed by atoms with Crippen molar-refractivity contribution in [2.45, 2.75) is 65.0 Å². The summed E-state index contributed by atoms with van der Waals surface area (Å²) in [5.74, 6) is 2.10. The monoisotopic (exact) mass is 464 g/mol. The van der Waals surface area contributed by atoms with Crippen LogP contribution in [0.1, 0.15) is 54.5 Å². The summed E-state index contributed by atoms with van der Waals surface area (Å²) in [7, 11) is 0. The summed E-state index contributed by atoms with van der Waals surface area (Å²) in [5, 5.41) is 4.34. The van der Waals surface area contributed by atoms with Gasteiger partial charge in [0.15, 0.2) is 0 Å². The number of benzene rings is 1. The summed E-state index contributed by atoms with van der Waals surface area (Å²) < 4.78 is 6.22. The van der Waals surface area contributed by atoms with Gasteiger partial charge in [0.05, 0.1) is 11.5 Å². The number of carbonyl (C=O) groups excluding carboxylic acids is 1. The number of ether oxygens (including phenoxy) is 1. The number of para-hydroxylation sites is 1. The highest BCUT2D eigenvalue weighted by Crippen LogP contribution is 2.35. The smallest absolute Gasteiger partial charge is 0.223 e. The van der Waals surface area contributed by atoms with E-state index in [1.165, 1.54) is 28.7 Å². The number of hydrogen-bond donors (Lipinski definition) is 1. The molecule has 2 aliphatic rings. The molecule has 0 unspecified atom stereocenters. The van der Waals surface area contributed by atoms with Crippen LogP contribution in [0.25, 0.3) is 10.2 Å². The van der Waals surface area contributed by atoms with Crippen molar-refractivity contribution in [2.75, 3.05) is 18.0 Å². The normalized spacial score (nSPS) is 17.6. The van der Waals surface area contributed by atoms with Gasteiger partial charge < -0.3 is 15.0 Å². The quantitative estimate of drug-likeness (QED) is 0.546. The van der Waals surface area contributed by atoms with Gasteiger partial charge in [-0.05, 0) is 64.0 Å². The van der Waals surface area contributed by atoms with Crippen molar-refractivity contribution in [3.8, 4) is 5.75 Å². The van der Waals surface area contributed by atoms with Gasteiger partial charge in [-0.15, -0.1) is 11.3 Å². The van der Waals surface area contributed by atoms with Crippen molar-refractivity contribution in [3.63, 3.8) is 0 Å². The molecule has 1 N–H and O–H groups in total. The van der Waals surface area contributed by atoms with Gasteiger partial charge in [-0.3, -0.25) is 4.79 Å². The second-order valence-electron chi connectivity index (χ2n) is 9.27. The lowest BCUT2D eigenvalue weighted by Gasteiger charge is -2.32. The summed E-state index contributed by atoms with van der Waals surface area (Å²) in [5.41, 5.74) is 2.32. The van der Waals surface area contributed by atoms with Gasteiger partial charge in [-0.2, -0.15) is 0 Å². The number of piperidine rings is 1. The first-order valence-corrected chi connectivity index (χ1v) is 12.9. The Morgan fingerprint density at radius 1 is 1.12 bits per heavy atom. The number of aromatic nitrogens is 2. The standard InChI is InChI=1S/C26H32N4O2S/c1-17-18(2)33-26-23(17)24(28-16-29-26)30-13-11-19(12-14-30)25(31)27-15-20-7-3-6-10-22(20)32-21-8-4-5-9-21/h3,6-7,10,16,19,21H,4-5,8-9,11-15H2,1-2H3,(H,27,31). The minimum absolute atomic E-state index is 0.0341. The van der Waals surface area contributed by atoms with Crippen molar-refractivity contribution in [1.82, 2.24) is 15.3 Å². The average Bonchev–Trinajstić information content (AvgIpc) is 3.46. The topological polar surface area (TPSA) is 67.4 Å². The van der Waals surface area contributed by atoms with Gasteiger partial charge in [0.25, 0.3) is 0 Å². The molecular weight excluding hydrogens is 432 g/mol. The second kappa shape index (κ2) is 9.67. The Labute approximate surface area is 199 Å². The van der Waals surface area contributed by atoms with Crippen LogP contribution in [-0.2, 0) is 11.3 Å². The molecule has 7 heteroatoms. The van der Waals surface area contributed by atoms with E-state index in [0.717, 1.165) is 60.7 Å². The molecule has 174 valence electrons. The van der Waals surface area contributed by atoms with E-state index < -0.39 is 0 Å². The Bertz CT molecular complexity index is 1130. The van der Waals surface area contributed by atoms with Gasteiger partial charge in [-0.25, -0.2) is 9.97 Å². The zero-order valence-electron chi connectivity index (χ0n) is 19.5. The van der Waals surface area contributed by atoms with Crippen molar-refractivity contribution in [3.05, 3.63) is 46.6 Å². The molecule has 1 aromatic carbocycles. The molecule has 33 heavy (non-hydrogen) atoms. The number of hydrogen-bond acceptors (Lipinski definition) is 6. The maximum Gasteiger partial charge on any atom is 0.223 e. The molecule has 1 aliphatic heterocycles. The Kier molecular flexibility index (Phi) is 6.49. The molecule has 2 fully saturated rings. The van der Waals surface area contributed by atoms with Gasteiger partial charge in [0, 0.05) is 36.0 Å². The lowest BCUT2D eigenvalue weighted by molar-refractivity contribution is -0.125. The molecule has 2 aromatic heterocycles. The molecule has 0 spiro atoms. The summed E-state index contributed by atoms with van der Waals surface area (Å²) in [6.07, 6.45) is 8.39. The molecule has 3 aromatic rings. The zero-order valence-corrected chi connectivity index (χ0v) is 20.3. The van der Waals surface area contributed by atoms with E-state index in [-0.39, 0.29) is 11.8 Å². The first kappa shape index (κ1) is 22.1. The first-order valence-electron chi connectivity index (χ1n) is 12.1. The van der Waals surface area contributed by atoms with Crippen LogP contribution in [-0.4, -0.2) is 35.1 Å². The minimum Gasteiger partial charge on any atom is -0.490 e. The third kappa shape index (κ3) is 4.69. The summed E-state index contributed by atoms with van der Waals surface area (Å²) >= 11 is 1.73. The van der Waals surface area contributed by atoms with E-state index in [4.69, 9.17) is 4.74 Å². The van der Waals surface area contributed by atoms with Crippen LogP contribution in [0.4, 0.5) is 5.82 Å². The molecule has 1 aliphatic carbocycles. The van der Waals surface area contributed by atoms with Gasteiger partial charge in [0.2, 0.25) is 5.91 Å². The van der Waals surface area contributed by atoms with Crippen LogP contribution in [0.2, 0.25) is 0 Å². The fourth-order valence-corrected chi connectivity index (χ4v) is 6.03. The Morgan fingerprint density at radius 2 is 1.88 bits per heavy atom. The van der Waals surface area contributed by atoms with E-state index in [1.54, 1.807) is 17.7 Å². The summed E-state index contributed by atoms with van der Waals surface area (Å²) in [4.78, 5) is 26.7. The molecule has 0 radical (unpaired) electrons. The SMILES string of the molecule is Cc1sc2ncnc(N3CCC(C(=O)NCc4ccccc4OC4CCCC4)CC3)c2c1C. The minimum atomic E-state index is 0.0341. The average molecular weight is 465 g/mol. The van der Waals surface area contributed by atoms with E-state index in [1.807, 2.05) is 18.2 Å². The van der Waals surface area contributed by atoms with Crippen LogP contribution in [0.3, 0.4) is 0 Å². The molecule has 0 atom stereocenters. The first-order chi connectivity index (χ1) is 16.1. The number of carbonyl (C=O) groups is 1. The molecule has 1 saturated heterocycles. The van der Waals surface area contributed by atoms with E-state index in [0.29, 0.717) is 12.6 Å². The predicted molar refractivity (Wildman–Crippen MR) is 133 cm³/mol. The van der Waals surface area contributed by atoms with Gasteiger partial charge >= 0.3 is 0 Å². The van der Waals surface area contributed by atoms with E-state index >= 15 is 0 Å². The Hall–Kier alpha value is -2.67. The van der Waals surface area contributed by atoms with Crippen molar-refractivity contribution >= 4 is 33.3 Å². The lowest BCUT2D eigenvalue weighted by Crippen LogP contribution is -2.40. The van der Waals surface area contributed by atoms with Crippen molar-refractivity contribution in [2.24, 2.45) is 5.92 Å². The highest BCUT2D eigenvalue weighted by molar-refractivity contribution is 7.18. The summed E-state index contributed by atoms with van der Waals surface area (Å²) in [6.45, 7) is 6.47. The fraction of sp³-hybridized carbons (Fsp3) is 0.500. The van der Waals surface area contributed by atoms with E-state index in [9.17, 15) is 4.79 Å².